The third-order valence-corrected chi connectivity index (χ3v) is 14.5. The number of methoxy groups -OCH3 is 1. The Labute approximate surface area is 394 Å². The first-order chi connectivity index (χ1) is 30.4. The second-order valence-corrected chi connectivity index (χ2v) is 20.5. The molecule has 0 aliphatic heterocycles. The second-order valence-electron chi connectivity index (χ2n) is 17.7. The molecule has 3 heterocycles. The Balaban J connectivity index is 0.000000130. The van der Waals surface area contributed by atoms with Gasteiger partial charge in [0.05, 0.1) is 25.2 Å². The summed E-state index contributed by atoms with van der Waals surface area (Å²) >= 11 is 10.6. The third-order valence-electron chi connectivity index (χ3n) is 13.0. The summed E-state index contributed by atoms with van der Waals surface area (Å²) in [4.78, 5) is 46.5. The molecule has 6 aromatic rings. The summed E-state index contributed by atoms with van der Waals surface area (Å²) in [5.41, 5.74) is 11.0. The number of halogens is 3. The fraction of sp³-hybridized carbons (Fsp3) is 0.449. The molecule has 1 saturated carbocycles. The Bertz CT molecular complexity index is 2610. The van der Waals surface area contributed by atoms with E-state index in [0.717, 1.165) is 106 Å². The lowest BCUT2D eigenvalue weighted by molar-refractivity contribution is -0.126. The number of carbonyl (C=O) groups is 3. The summed E-state index contributed by atoms with van der Waals surface area (Å²) in [7, 11) is 1.39. The van der Waals surface area contributed by atoms with Crippen molar-refractivity contribution in [2.75, 3.05) is 7.11 Å². The number of nitrogens with one attached hydrogen (secondary N) is 7. The predicted octanol–water partition coefficient (Wildman–Crippen LogP) is 12.7. The molecule has 0 spiro atoms. The molecule has 3 unspecified atom stereocenters. The Morgan fingerprint density at radius 3 is 1.40 bits per heavy atom. The van der Waals surface area contributed by atoms with Crippen LogP contribution in [0.4, 0.5) is 9.59 Å². The van der Waals surface area contributed by atoms with Crippen LogP contribution in [0.1, 0.15) is 136 Å². The minimum Gasteiger partial charge on any atom is -0.453 e. The molecule has 63 heavy (non-hydrogen) atoms. The summed E-state index contributed by atoms with van der Waals surface area (Å²) in [6.07, 6.45) is 14.9. The van der Waals surface area contributed by atoms with Gasteiger partial charge in [0.2, 0.25) is 5.91 Å². The largest absolute Gasteiger partial charge is 0.453 e. The van der Waals surface area contributed by atoms with Gasteiger partial charge in [-0.1, -0.05) is 67.1 Å². The summed E-state index contributed by atoms with van der Waals surface area (Å²) in [5, 5.41) is 16.0. The van der Waals surface area contributed by atoms with Crippen LogP contribution in [0.5, 0.6) is 0 Å². The molecular formula is C49H58Br3N7O4. The Morgan fingerprint density at radius 1 is 0.571 bits per heavy atom. The highest BCUT2D eigenvalue weighted by Crippen LogP contribution is 2.39. The highest BCUT2D eigenvalue weighted by atomic mass is 79.9. The predicted molar refractivity (Wildman–Crippen MR) is 262 cm³/mol. The van der Waals surface area contributed by atoms with Crippen molar-refractivity contribution in [1.82, 2.24) is 36.2 Å². The fourth-order valence-corrected chi connectivity index (χ4v) is 11.1. The van der Waals surface area contributed by atoms with Crippen LogP contribution >= 0.6 is 47.8 Å². The first-order valence-corrected chi connectivity index (χ1v) is 25.0. The van der Waals surface area contributed by atoms with E-state index in [1.807, 2.05) is 26.0 Å². The van der Waals surface area contributed by atoms with Crippen LogP contribution in [-0.4, -0.2) is 46.1 Å². The Kier molecular flexibility index (Phi) is 14.6. The number of aryl methyl sites for hydroxylation is 3. The van der Waals surface area contributed by atoms with E-state index in [1.54, 1.807) is 0 Å². The lowest BCUT2D eigenvalue weighted by Gasteiger charge is -2.27. The minimum atomic E-state index is -0.377. The van der Waals surface area contributed by atoms with Crippen molar-refractivity contribution in [3.63, 3.8) is 0 Å². The highest BCUT2D eigenvalue weighted by Gasteiger charge is 2.30. The maximum Gasteiger partial charge on any atom is 0.407 e. The van der Waals surface area contributed by atoms with Crippen molar-refractivity contribution in [2.45, 2.75) is 128 Å². The molecule has 3 aromatic heterocycles. The van der Waals surface area contributed by atoms with Gasteiger partial charge in [0, 0.05) is 75.2 Å². The van der Waals surface area contributed by atoms with Crippen molar-refractivity contribution < 1.29 is 19.1 Å². The smallest absolute Gasteiger partial charge is 0.407 e. The number of alkyl carbamates (subject to hydrolysis) is 1. The van der Waals surface area contributed by atoms with Crippen LogP contribution < -0.4 is 21.3 Å². The van der Waals surface area contributed by atoms with E-state index in [2.05, 4.69) is 131 Å². The number of aromatic nitrogens is 3. The maximum absolute atomic E-state index is 12.6. The monoisotopic (exact) mass is 1050 g/mol. The van der Waals surface area contributed by atoms with E-state index >= 15 is 0 Å². The molecule has 0 bridgehead atoms. The Morgan fingerprint density at radius 2 is 0.984 bits per heavy atom. The number of urea groups is 1. The van der Waals surface area contributed by atoms with Gasteiger partial charge in [-0.15, -0.1) is 0 Å². The summed E-state index contributed by atoms with van der Waals surface area (Å²) in [5.74, 6) is 0.495. The van der Waals surface area contributed by atoms with Crippen LogP contribution in [0.25, 0.3) is 32.7 Å². The number of benzene rings is 3. The normalized spacial score (nSPS) is 19.4. The highest BCUT2D eigenvalue weighted by molar-refractivity contribution is 9.11. The molecule has 3 atom stereocenters. The molecule has 0 radical (unpaired) electrons. The van der Waals surface area contributed by atoms with E-state index in [4.69, 9.17) is 0 Å². The molecule has 0 saturated heterocycles. The zero-order valence-electron chi connectivity index (χ0n) is 36.2. The van der Waals surface area contributed by atoms with Gasteiger partial charge in [0.1, 0.15) is 0 Å². The average Bonchev–Trinajstić information content (AvgIpc) is 3.96. The average molecular weight is 1050 g/mol. The third kappa shape index (κ3) is 10.5. The molecule has 4 amide bonds. The molecule has 3 aromatic carbocycles. The minimum absolute atomic E-state index is 0.0161. The number of fused-ring (bicyclic) bond motifs is 9. The van der Waals surface area contributed by atoms with E-state index in [-0.39, 0.29) is 48.1 Å². The van der Waals surface area contributed by atoms with Crippen LogP contribution in [0, 0.1) is 5.92 Å². The zero-order valence-corrected chi connectivity index (χ0v) is 41.0. The van der Waals surface area contributed by atoms with Gasteiger partial charge in [-0.3, -0.25) is 4.79 Å². The van der Waals surface area contributed by atoms with Crippen LogP contribution in [0.2, 0.25) is 0 Å². The van der Waals surface area contributed by atoms with E-state index in [9.17, 15) is 14.4 Å². The van der Waals surface area contributed by atoms with Crippen LogP contribution in [0.15, 0.2) is 68.0 Å². The van der Waals surface area contributed by atoms with Gasteiger partial charge in [-0.25, -0.2) is 9.59 Å². The molecule has 334 valence electrons. The van der Waals surface area contributed by atoms with E-state index in [0.29, 0.717) is 0 Å². The first-order valence-electron chi connectivity index (χ1n) is 22.6. The number of ether oxygens (including phenoxy) is 1. The van der Waals surface area contributed by atoms with Gasteiger partial charge in [-0.05, 0) is 156 Å². The molecule has 4 aliphatic carbocycles. The molecule has 4 aliphatic rings. The maximum atomic E-state index is 12.6. The molecule has 11 nitrogen and oxygen atoms in total. The molecule has 1 fully saturated rings. The number of aromatic amines is 3. The van der Waals surface area contributed by atoms with E-state index < -0.39 is 0 Å². The molecule has 14 heteroatoms. The fourth-order valence-electron chi connectivity index (χ4n) is 10.1. The lowest BCUT2D eigenvalue weighted by Crippen LogP contribution is -2.42. The summed E-state index contributed by atoms with van der Waals surface area (Å²) in [6.45, 7) is 3.93. The van der Waals surface area contributed by atoms with Crippen molar-refractivity contribution in [2.24, 2.45) is 5.92 Å². The number of amides is 4. The lowest BCUT2D eigenvalue weighted by atomic mass is 9.87. The standard InChI is InChI=1S/C19H23BrN2O.C16H20BrN3O.C14H15BrN2O2/c20-13-9-10-16-15(11-13)14-7-4-8-17(18(14)21-16)22-19(23)12-5-2-1-3-6-12;1-9(2)18-16(21)20-14-5-3-4-11-12-8-10(17)6-7-13(12)19-15(11)14;1-19-14(18)17-12-4-2-3-9-10-7-8(15)5-6-11(10)16-13(9)12/h9-12,17,21H,1-8H2,(H,22,23);6-9,14,19H,3-5H2,1-2H3,(H2,18,20,21);5-7,12,16H,2-4H2,1H3,(H,17,18). The topological polar surface area (TPSA) is 156 Å². The number of carbonyl (C=O) groups excluding carboxylic acids is 3. The quantitative estimate of drug-likeness (QED) is 0.0918. The van der Waals surface area contributed by atoms with Crippen LogP contribution in [0.3, 0.4) is 0 Å². The van der Waals surface area contributed by atoms with Gasteiger partial charge >= 0.3 is 12.1 Å². The molecule has 7 N–H and O–H groups in total. The van der Waals surface area contributed by atoms with Crippen LogP contribution in [-0.2, 0) is 28.8 Å². The number of rotatable bonds is 5. The SMILES string of the molecule is CC(C)NC(=O)NC1CCCc2c1[nH]c1ccc(Br)cc21.COC(=O)NC1CCCc2c1[nH]c1ccc(Br)cc21.O=C(NC1CCCc2c1[nH]c1ccc(Br)cc21)C1CCCCC1. The second kappa shape index (κ2) is 20.3. The van der Waals surface area contributed by atoms with Gasteiger partial charge in [0.15, 0.2) is 0 Å². The number of H-pyrrole nitrogens is 3. The first kappa shape index (κ1) is 45.3. The van der Waals surface area contributed by atoms with Gasteiger partial charge in [0.25, 0.3) is 0 Å². The van der Waals surface area contributed by atoms with Gasteiger partial charge < -0.3 is 41.0 Å². The van der Waals surface area contributed by atoms with Crippen molar-refractivity contribution in [1.29, 1.82) is 0 Å². The van der Waals surface area contributed by atoms with E-state index in [1.165, 1.54) is 70.4 Å². The van der Waals surface area contributed by atoms with Gasteiger partial charge in [-0.2, -0.15) is 0 Å². The summed E-state index contributed by atoms with van der Waals surface area (Å²) in [6, 6.07) is 19.2. The molecule has 10 rings (SSSR count). The number of hydrogen-bond acceptors (Lipinski definition) is 4. The molecular weight excluding hydrogens is 990 g/mol. The van der Waals surface area contributed by atoms with Crippen molar-refractivity contribution in [3.8, 4) is 0 Å². The van der Waals surface area contributed by atoms with Crippen molar-refractivity contribution >= 4 is 98.5 Å². The summed E-state index contributed by atoms with van der Waals surface area (Å²) < 4.78 is 7.96. The Hall–Kier alpha value is -4.27. The number of hydrogen-bond donors (Lipinski definition) is 7. The zero-order chi connectivity index (χ0) is 44.2. The van der Waals surface area contributed by atoms with Crippen molar-refractivity contribution in [3.05, 3.63) is 102 Å².